The van der Waals surface area contributed by atoms with E-state index in [0.717, 1.165) is 12.8 Å². The summed E-state index contributed by atoms with van der Waals surface area (Å²) in [4.78, 5) is 3.95. The predicted molar refractivity (Wildman–Crippen MR) is 40.4 cm³/mol. The maximum absolute atomic E-state index is 8.29. The molecule has 0 heterocycles. The summed E-state index contributed by atoms with van der Waals surface area (Å²) < 4.78 is 5.04. The van der Waals surface area contributed by atoms with Crippen LogP contribution in [0.15, 0.2) is 4.99 Å². The number of methoxy groups -OCH3 is 1. The molecule has 64 valence electrons. The standard InChI is InChI=1S/C6H13N3O2/c1-11-5-2-4(3-5)8-6(7)9-10/h4-5,10H,2-3H2,1H3,(H3,7,8,9). The fourth-order valence-corrected chi connectivity index (χ4v) is 1.06. The van der Waals surface area contributed by atoms with Gasteiger partial charge < -0.3 is 10.5 Å². The molecule has 0 unspecified atom stereocenters. The van der Waals surface area contributed by atoms with Gasteiger partial charge in [0.25, 0.3) is 0 Å². The first kappa shape index (κ1) is 8.29. The Morgan fingerprint density at radius 3 is 2.82 bits per heavy atom. The molecule has 4 N–H and O–H groups in total. The highest BCUT2D eigenvalue weighted by molar-refractivity contribution is 5.76. The second-order valence-corrected chi connectivity index (χ2v) is 2.61. The first-order valence-corrected chi connectivity index (χ1v) is 3.52. The molecule has 0 atom stereocenters. The molecule has 0 aliphatic heterocycles. The van der Waals surface area contributed by atoms with Crippen molar-refractivity contribution in [1.29, 1.82) is 0 Å². The van der Waals surface area contributed by atoms with Crippen LogP contribution in [0.25, 0.3) is 0 Å². The summed E-state index contributed by atoms with van der Waals surface area (Å²) in [6, 6.07) is 0.208. The molecule has 1 fully saturated rings. The molecule has 0 aromatic carbocycles. The number of hydrogen-bond acceptors (Lipinski definition) is 3. The van der Waals surface area contributed by atoms with Crippen LogP contribution < -0.4 is 11.2 Å². The zero-order valence-corrected chi connectivity index (χ0v) is 6.45. The summed E-state index contributed by atoms with van der Waals surface area (Å²) >= 11 is 0. The van der Waals surface area contributed by atoms with Crippen molar-refractivity contribution in [3.63, 3.8) is 0 Å². The molecule has 11 heavy (non-hydrogen) atoms. The second-order valence-electron chi connectivity index (χ2n) is 2.61. The Morgan fingerprint density at radius 2 is 2.36 bits per heavy atom. The highest BCUT2D eigenvalue weighted by atomic mass is 16.5. The zero-order chi connectivity index (χ0) is 8.27. The van der Waals surface area contributed by atoms with Gasteiger partial charge in [0.1, 0.15) is 0 Å². The molecule has 0 bridgehead atoms. The summed E-state index contributed by atoms with van der Waals surface area (Å²) in [7, 11) is 1.68. The average molecular weight is 159 g/mol. The number of nitrogens with zero attached hydrogens (tertiary/aromatic N) is 1. The Morgan fingerprint density at radius 1 is 1.73 bits per heavy atom. The van der Waals surface area contributed by atoms with Gasteiger partial charge >= 0.3 is 0 Å². The molecule has 1 rings (SSSR count). The van der Waals surface area contributed by atoms with Gasteiger partial charge in [-0.05, 0) is 12.8 Å². The van der Waals surface area contributed by atoms with E-state index < -0.39 is 0 Å². The van der Waals surface area contributed by atoms with E-state index >= 15 is 0 Å². The number of ether oxygens (including phenoxy) is 1. The van der Waals surface area contributed by atoms with Gasteiger partial charge in [0, 0.05) is 7.11 Å². The first-order valence-electron chi connectivity index (χ1n) is 3.52. The van der Waals surface area contributed by atoms with E-state index in [0.29, 0.717) is 6.10 Å². The molecule has 0 radical (unpaired) electrons. The normalized spacial score (nSPS) is 31.3. The molecule has 0 aromatic heterocycles. The van der Waals surface area contributed by atoms with Gasteiger partial charge in [-0.15, -0.1) is 0 Å². The van der Waals surface area contributed by atoms with E-state index in [2.05, 4.69) is 4.99 Å². The van der Waals surface area contributed by atoms with Crippen LogP contribution in [0.5, 0.6) is 0 Å². The van der Waals surface area contributed by atoms with E-state index in [4.69, 9.17) is 15.7 Å². The summed E-state index contributed by atoms with van der Waals surface area (Å²) in [5.74, 6) is 0.0737. The monoisotopic (exact) mass is 159 g/mol. The third-order valence-electron chi connectivity index (χ3n) is 1.84. The third kappa shape index (κ3) is 2.06. The number of nitrogens with one attached hydrogen (secondary N) is 1. The van der Waals surface area contributed by atoms with Crippen LogP contribution in [0.1, 0.15) is 12.8 Å². The quantitative estimate of drug-likeness (QED) is 0.287. The van der Waals surface area contributed by atoms with Crippen molar-refractivity contribution in [2.24, 2.45) is 10.7 Å². The first-order chi connectivity index (χ1) is 5.26. The smallest absolute Gasteiger partial charge is 0.213 e. The molecule has 1 aliphatic carbocycles. The average Bonchev–Trinajstić information content (AvgIpc) is 1.95. The van der Waals surface area contributed by atoms with Crippen LogP contribution in [-0.2, 0) is 4.74 Å². The van der Waals surface area contributed by atoms with Crippen LogP contribution in [-0.4, -0.2) is 30.4 Å². The van der Waals surface area contributed by atoms with Gasteiger partial charge in [0.05, 0.1) is 12.1 Å². The van der Waals surface area contributed by atoms with Crippen molar-refractivity contribution in [1.82, 2.24) is 5.48 Å². The van der Waals surface area contributed by atoms with Crippen LogP contribution in [0.2, 0.25) is 0 Å². The number of aliphatic imine (C=N–C) groups is 1. The van der Waals surface area contributed by atoms with Gasteiger partial charge in [-0.25, -0.2) is 10.5 Å². The molecule has 5 nitrogen and oxygen atoms in total. The van der Waals surface area contributed by atoms with E-state index in [1.165, 1.54) is 0 Å². The number of hydroxylamine groups is 1. The lowest BCUT2D eigenvalue weighted by Gasteiger charge is -2.31. The van der Waals surface area contributed by atoms with E-state index in [1.54, 1.807) is 12.6 Å². The maximum atomic E-state index is 8.29. The Bertz CT molecular complexity index is 154. The Labute approximate surface area is 65.2 Å². The van der Waals surface area contributed by atoms with Gasteiger partial charge in [-0.2, -0.15) is 0 Å². The van der Waals surface area contributed by atoms with Gasteiger partial charge in [-0.3, -0.25) is 5.21 Å². The highest BCUT2D eigenvalue weighted by Crippen LogP contribution is 2.25. The van der Waals surface area contributed by atoms with Crippen molar-refractivity contribution in [2.75, 3.05) is 7.11 Å². The molecule has 1 aliphatic rings. The van der Waals surface area contributed by atoms with Gasteiger partial charge in [0.15, 0.2) is 0 Å². The second kappa shape index (κ2) is 3.54. The van der Waals surface area contributed by atoms with Crippen molar-refractivity contribution in [2.45, 2.75) is 25.0 Å². The lowest BCUT2D eigenvalue weighted by Crippen LogP contribution is -2.38. The number of rotatable bonds is 2. The van der Waals surface area contributed by atoms with Crippen molar-refractivity contribution in [3.8, 4) is 0 Å². The summed E-state index contributed by atoms with van der Waals surface area (Å²) in [6.45, 7) is 0. The van der Waals surface area contributed by atoms with Crippen molar-refractivity contribution >= 4 is 5.96 Å². The third-order valence-corrected chi connectivity index (χ3v) is 1.84. The molecule has 1 saturated carbocycles. The lowest BCUT2D eigenvalue weighted by molar-refractivity contribution is 0.0281. The summed E-state index contributed by atoms with van der Waals surface area (Å²) in [5.41, 5.74) is 7.00. The summed E-state index contributed by atoms with van der Waals surface area (Å²) in [6.07, 6.45) is 2.09. The molecular formula is C6H13N3O2. The maximum Gasteiger partial charge on any atom is 0.213 e. The fraction of sp³-hybridized carbons (Fsp3) is 0.833. The molecule has 0 amide bonds. The van der Waals surface area contributed by atoms with Crippen molar-refractivity contribution in [3.05, 3.63) is 0 Å². The highest BCUT2D eigenvalue weighted by Gasteiger charge is 2.28. The Balaban J connectivity index is 2.22. The molecular weight excluding hydrogens is 146 g/mol. The SMILES string of the molecule is COC1CC(N=C(N)NO)C1. The van der Waals surface area contributed by atoms with E-state index in [-0.39, 0.29) is 12.0 Å². The lowest BCUT2D eigenvalue weighted by atomic mass is 9.90. The Hall–Kier alpha value is -0.810. The number of guanidine groups is 1. The minimum atomic E-state index is 0.0737. The Kier molecular flexibility index (Phi) is 2.67. The largest absolute Gasteiger partial charge is 0.381 e. The molecule has 0 saturated heterocycles. The van der Waals surface area contributed by atoms with E-state index in [9.17, 15) is 0 Å². The minimum absolute atomic E-state index is 0.0737. The molecule has 0 aromatic rings. The van der Waals surface area contributed by atoms with Crippen LogP contribution >= 0.6 is 0 Å². The topological polar surface area (TPSA) is 79.9 Å². The molecule has 0 spiro atoms. The van der Waals surface area contributed by atoms with Gasteiger partial charge in [0.2, 0.25) is 5.96 Å². The zero-order valence-electron chi connectivity index (χ0n) is 6.45. The van der Waals surface area contributed by atoms with Crippen LogP contribution in [0.4, 0.5) is 0 Å². The fourth-order valence-electron chi connectivity index (χ4n) is 1.06. The van der Waals surface area contributed by atoms with Crippen molar-refractivity contribution < 1.29 is 9.94 Å². The number of nitrogens with two attached hydrogens (primary N) is 1. The van der Waals surface area contributed by atoms with Gasteiger partial charge in [-0.1, -0.05) is 0 Å². The van der Waals surface area contributed by atoms with Crippen LogP contribution in [0, 0.1) is 0 Å². The van der Waals surface area contributed by atoms with Crippen LogP contribution in [0.3, 0.4) is 0 Å². The summed E-state index contributed by atoms with van der Waals surface area (Å²) in [5, 5.41) is 8.29. The number of hydrogen-bond donors (Lipinski definition) is 3. The predicted octanol–water partition coefficient (Wildman–Crippen LogP) is -0.543. The molecule has 5 heteroatoms. The van der Waals surface area contributed by atoms with E-state index in [1.807, 2.05) is 0 Å². The minimum Gasteiger partial charge on any atom is -0.381 e.